The zero-order valence-corrected chi connectivity index (χ0v) is 12.2. The Morgan fingerprint density at radius 2 is 1.67 bits per heavy atom. The Bertz CT molecular complexity index is 259. The van der Waals surface area contributed by atoms with Crippen molar-refractivity contribution in [2.45, 2.75) is 71.7 Å². The summed E-state index contributed by atoms with van der Waals surface area (Å²) in [7, 11) is 0. The smallest absolute Gasteiger partial charge is 0.167 e. The maximum Gasteiger partial charge on any atom is 0.167 e. The first kappa shape index (κ1) is 17.6. The minimum Gasteiger partial charge on any atom is -0.393 e. The maximum atomic E-state index is 12.2. The second-order valence-electron chi connectivity index (χ2n) is 5.73. The highest BCUT2D eigenvalue weighted by Crippen LogP contribution is 2.26. The van der Waals surface area contributed by atoms with Gasteiger partial charge in [0.2, 0.25) is 0 Å². The normalized spacial score (nSPS) is 21.8. The van der Waals surface area contributed by atoms with Crippen LogP contribution >= 0.6 is 0 Å². The molecule has 0 aliphatic heterocycles. The molecule has 0 amide bonds. The number of rotatable bonds is 8. The number of aliphatic hydroxyl groups excluding tert-OH is 2. The highest BCUT2D eigenvalue weighted by atomic mass is 16.3. The molecule has 0 aromatic rings. The lowest BCUT2D eigenvalue weighted by Crippen LogP contribution is -2.41. The number of hydrogen-bond acceptors (Lipinski definition) is 4. The molecule has 4 nitrogen and oxygen atoms in total. The minimum atomic E-state index is -1.35. The Hall–Kier alpha value is -0.450. The topological polar surface area (TPSA) is 77.8 Å². The van der Waals surface area contributed by atoms with Crippen LogP contribution < -0.4 is 0 Å². The van der Waals surface area contributed by atoms with E-state index in [1.54, 1.807) is 20.8 Å². The van der Waals surface area contributed by atoms with Crippen molar-refractivity contribution in [2.75, 3.05) is 0 Å². The van der Waals surface area contributed by atoms with Gasteiger partial charge in [-0.1, -0.05) is 13.8 Å². The number of carbonyl (C=O) groups is 1. The molecule has 5 atom stereocenters. The molecular weight excluding hydrogens is 232 g/mol. The van der Waals surface area contributed by atoms with Crippen molar-refractivity contribution in [3.05, 3.63) is 0 Å². The van der Waals surface area contributed by atoms with E-state index >= 15 is 0 Å². The van der Waals surface area contributed by atoms with Gasteiger partial charge < -0.3 is 15.3 Å². The average Bonchev–Trinajstić information content (AvgIpc) is 2.26. The fraction of sp³-hybridized carbons (Fsp3) is 0.929. The van der Waals surface area contributed by atoms with Gasteiger partial charge >= 0.3 is 0 Å². The molecule has 0 spiro atoms. The fourth-order valence-electron chi connectivity index (χ4n) is 1.98. The summed E-state index contributed by atoms with van der Waals surface area (Å²) < 4.78 is 0. The van der Waals surface area contributed by atoms with Gasteiger partial charge in [-0.2, -0.15) is 0 Å². The van der Waals surface area contributed by atoms with Gasteiger partial charge in [0.05, 0.1) is 12.2 Å². The molecule has 0 aliphatic carbocycles. The van der Waals surface area contributed by atoms with E-state index in [1.807, 2.05) is 6.92 Å². The number of Topliss-reactive ketones (excluding diaryl/α,β-unsaturated/α-hetero) is 1. The van der Waals surface area contributed by atoms with Gasteiger partial charge in [0.25, 0.3) is 0 Å². The standard InChI is InChI=1S/C14H28O4/c1-6-14(5,18)13(17)12(8-10(3)15)7-9(2)11(4)16/h9-12,15-16,18H,6-8H2,1-5H3. The summed E-state index contributed by atoms with van der Waals surface area (Å²) >= 11 is 0. The minimum absolute atomic E-state index is 0.0367. The molecule has 108 valence electrons. The van der Waals surface area contributed by atoms with Crippen molar-refractivity contribution in [3.8, 4) is 0 Å². The van der Waals surface area contributed by atoms with Crippen LogP contribution in [-0.4, -0.2) is 38.9 Å². The summed E-state index contributed by atoms with van der Waals surface area (Å²) in [6.07, 6.45) is 0.0723. The van der Waals surface area contributed by atoms with Gasteiger partial charge in [0.1, 0.15) is 5.60 Å². The lowest BCUT2D eigenvalue weighted by molar-refractivity contribution is -0.142. The van der Waals surface area contributed by atoms with Crippen molar-refractivity contribution in [1.82, 2.24) is 0 Å². The Balaban J connectivity index is 4.83. The Morgan fingerprint density at radius 3 is 2.00 bits per heavy atom. The highest BCUT2D eigenvalue weighted by molar-refractivity contribution is 5.88. The second kappa shape index (κ2) is 7.22. The van der Waals surface area contributed by atoms with E-state index in [0.717, 1.165) is 0 Å². The third-order valence-corrected chi connectivity index (χ3v) is 3.70. The lowest BCUT2D eigenvalue weighted by Gasteiger charge is -2.29. The quantitative estimate of drug-likeness (QED) is 0.618. The number of hydrogen-bond donors (Lipinski definition) is 3. The monoisotopic (exact) mass is 260 g/mol. The van der Waals surface area contributed by atoms with Crippen LogP contribution in [0.3, 0.4) is 0 Å². The van der Waals surface area contributed by atoms with Gasteiger partial charge in [-0.25, -0.2) is 0 Å². The third kappa shape index (κ3) is 5.46. The van der Waals surface area contributed by atoms with E-state index in [4.69, 9.17) is 0 Å². The fourth-order valence-corrected chi connectivity index (χ4v) is 1.98. The molecule has 4 heteroatoms. The van der Waals surface area contributed by atoms with Gasteiger partial charge in [-0.05, 0) is 46.0 Å². The SMILES string of the molecule is CCC(C)(O)C(=O)C(CC(C)O)CC(C)C(C)O. The summed E-state index contributed by atoms with van der Waals surface area (Å²) in [5.74, 6) is -0.687. The van der Waals surface area contributed by atoms with Crippen molar-refractivity contribution >= 4 is 5.78 Å². The molecule has 0 fully saturated rings. The molecule has 0 saturated heterocycles. The first-order valence-electron chi connectivity index (χ1n) is 6.74. The van der Waals surface area contributed by atoms with Crippen LogP contribution in [0.4, 0.5) is 0 Å². The zero-order valence-electron chi connectivity index (χ0n) is 12.2. The van der Waals surface area contributed by atoms with Crippen LogP contribution in [-0.2, 0) is 4.79 Å². The van der Waals surface area contributed by atoms with Crippen LogP contribution in [0.25, 0.3) is 0 Å². The first-order valence-corrected chi connectivity index (χ1v) is 6.74. The van der Waals surface area contributed by atoms with E-state index in [9.17, 15) is 20.1 Å². The summed E-state index contributed by atoms with van der Waals surface area (Å²) in [6, 6.07) is 0. The van der Waals surface area contributed by atoms with E-state index in [2.05, 4.69) is 0 Å². The lowest BCUT2D eigenvalue weighted by atomic mass is 9.79. The summed E-state index contributed by atoms with van der Waals surface area (Å²) in [4.78, 5) is 12.2. The van der Waals surface area contributed by atoms with Crippen molar-refractivity contribution in [3.63, 3.8) is 0 Å². The molecule has 0 aromatic heterocycles. The predicted octanol–water partition coefficient (Wildman–Crippen LogP) is 1.51. The molecule has 18 heavy (non-hydrogen) atoms. The molecular formula is C14H28O4. The Kier molecular flexibility index (Phi) is 7.04. The predicted molar refractivity (Wildman–Crippen MR) is 71.2 cm³/mol. The molecule has 0 bridgehead atoms. The van der Waals surface area contributed by atoms with Gasteiger partial charge in [-0.3, -0.25) is 4.79 Å². The van der Waals surface area contributed by atoms with Crippen LogP contribution in [0.2, 0.25) is 0 Å². The van der Waals surface area contributed by atoms with E-state index in [0.29, 0.717) is 19.3 Å². The van der Waals surface area contributed by atoms with Crippen LogP contribution in [0.1, 0.15) is 53.9 Å². The summed E-state index contributed by atoms with van der Waals surface area (Å²) in [5.41, 5.74) is -1.35. The van der Waals surface area contributed by atoms with Crippen LogP contribution in [0.5, 0.6) is 0 Å². The zero-order chi connectivity index (χ0) is 14.5. The van der Waals surface area contributed by atoms with Gasteiger partial charge in [-0.15, -0.1) is 0 Å². The van der Waals surface area contributed by atoms with E-state index in [1.165, 1.54) is 6.92 Å². The van der Waals surface area contributed by atoms with E-state index < -0.39 is 23.7 Å². The largest absolute Gasteiger partial charge is 0.393 e. The molecule has 0 rings (SSSR count). The first-order chi connectivity index (χ1) is 8.11. The molecule has 0 aromatic carbocycles. The second-order valence-corrected chi connectivity index (χ2v) is 5.73. The Labute approximate surface area is 110 Å². The van der Waals surface area contributed by atoms with Crippen LogP contribution in [0.15, 0.2) is 0 Å². The van der Waals surface area contributed by atoms with Crippen molar-refractivity contribution in [2.24, 2.45) is 11.8 Å². The number of carbonyl (C=O) groups excluding carboxylic acids is 1. The van der Waals surface area contributed by atoms with Crippen LogP contribution in [0, 0.1) is 11.8 Å². The number of ketones is 1. The molecule has 3 N–H and O–H groups in total. The van der Waals surface area contributed by atoms with Gasteiger partial charge in [0, 0.05) is 5.92 Å². The Morgan fingerprint density at radius 1 is 1.17 bits per heavy atom. The third-order valence-electron chi connectivity index (χ3n) is 3.70. The highest BCUT2D eigenvalue weighted by Gasteiger charge is 2.35. The number of aliphatic hydroxyl groups is 3. The molecule has 0 heterocycles. The molecule has 5 unspecified atom stereocenters. The van der Waals surface area contributed by atoms with Gasteiger partial charge in [0.15, 0.2) is 5.78 Å². The molecule has 0 aliphatic rings. The molecule has 0 radical (unpaired) electrons. The molecule has 0 saturated carbocycles. The maximum absolute atomic E-state index is 12.2. The van der Waals surface area contributed by atoms with Crippen molar-refractivity contribution < 1.29 is 20.1 Å². The summed E-state index contributed by atoms with van der Waals surface area (Å²) in [6.45, 7) is 8.46. The average molecular weight is 260 g/mol. The van der Waals surface area contributed by atoms with E-state index in [-0.39, 0.29) is 11.7 Å². The summed E-state index contributed by atoms with van der Waals surface area (Å²) in [5, 5.41) is 29.0. The van der Waals surface area contributed by atoms with Crippen molar-refractivity contribution in [1.29, 1.82) is 0 Å².